The summed E-state index contributed by atoms with van der Waals surface area (Å²) in [6, 6.07) is 0. The van der Waals surface area contributed by atoms with Gasteiger partial charge in [-0.15, -0.1) is 0 Å². The van der Waals surface area contributed by atoms with Crippen molar-refractivity contribution in [1.29, 1.82) is 0 Å². The van der Waals surface area contributed by atoms with Crippen LogP contribution in [0.25, 0.3) is 0 Å². The lowest BCUT2D eigenvalue weighted by Gasteiger charge is -2.31. The first kappa shape index (κ1) is 15.7. The first-order valence-electron chi connectivity index (χ1n) is 7.62. The van der Waals surface area contributed by atoms with Gasteiger partial charge in [0.1, 0.15) is 0 Å². The summed E-state index contributed by atoms with van der Waals surface area (Å²) in [5.41, 5.74) is -0.200. The topological polar surface area (TPSA) is 66.5 Å². The summed E-state index contributed by atoms with van der Waals surface area (Å²) in [6.07, 6.45) is 6.08. The van der Waals surface area contributed by atoms with Crippen LogP contribution >= 0.6 is 0 Å². The standard InChI is InChI=1S/C16H24N2O3/c1-16(2,3)17-15(21)12-6-4-11(5-7-12)10-18-13(19)8-9-14(18)20/h8-9,11-12H,4-7,10H2,1-3H3,(H,17,21). The van der Waals surface area contributed by atoms with Gasteiger partial charge in [0.05, 0.1) is 0 Å². The molecule has 5 heteroatoms. The number of rotatable bonds is 3. The molecule has 2 aliphatic rings. The molecule has 1 heterocycles. The number of nitrogens with zero attached hydrogens (tertiary/aromatic N) is 1. The van der Waals surface area contributed by atoms with Crippen LogP contribution in [-0.2, 0) is 14.4 Å². The monoisotopic (exact) mass is 292 g/mol. The molecule has 1 N–H and O–H groups in total. The van der Waals surface area contributed by atoms with Crippen LogP contribution in [0.4, 0.5) is 0 Å². The average Bonchev–Trinajstić information content (AvgIpc) is 2.69. The number of hydrogen-bond acceptors (Lipinski definition) is 3. The highest BCUT2D eigenvalue weighted by molar-refractivity contribution is 6.12. The molecule has 0 atom stereocenters. The minimum atomic E-state index is -0.215. The molecule has 0 aromatic heterocycles. The van der Waals surface area contributed by atoms with Crippen molar-refractivity contribution < 1.29 is 14.4 Å². The second kappa shape index (κ2) is 6.00. The Balaban J connectivity index is 1.80. The lowest BCUT2D eigenvalue weighted by molar-refractivity contribution is -0.138. The van der Waals surface area contributed by atoms with E-state index < -0.39 is 0 Å². The number of hydrogen-bond donors (Lipinski definition) is 1. The SMILES string of the molecule is CC(C)(C)NC(=O)C1CCC(CN2C(=O)C=CC2=O)CC1. The quantitative estimate of drug-likeness (QED) is 0.804. The van der Waals surface area contributed by atoms with Crippen LogP contribution in [0.5, 0.6) is 0 Å². The van der Waals surface area contributed by atoms with Gasteiger partial charge < -0.3 is 5.32 Å². The summed E-state index contributed by atoms with van der Waals surface area (Å²) in [7, 11) is 0. The van der Waals surface area contributed by atoms with Crippen LogP contribution in [0.1, 0.15) is 46.5 Å². The maximum atomic E-state index is 12.1. The Hall–Kier alpha value is -1.65. The van der Waals surface area contributed by atoms with Gasteiger partial charge in [0.25, 0.3) is 11.8 Å². The van der Waals surface area contributed by atoms with E-state index in [-0.39, 0.29) is 29.2 Å². The molecule has 0 radical (unpaired) electrons. The zero-order valence-electron chi connectivity index (χ0n) is 13.0. The van der Waals surface area contributed by atoms with Crippen molar-refractivity contribution in [2.45, 2.75) is 52.0 Å². The molecule has 1 saturated carbocycles. The Kier molecular flexibility index (Phi) is 4.49. The Morgan fingerprint density at radius 2 is 1.67 bits per heavy atom. The van der Waals surface area contributed by atoms with Crippen molar-refractivity contribution in [2.24, 2.45) is 11.8 Å². The molecular weight excluding hydrogens is 268 g/mol. The zero-order valence-corrected chi connectivity index (χ0v) is 13.0. The summed E-state index contributed by atoms with van der Waals surface area (Å²) >= 11 is 0. The van der Waals surface area contributed by atoms with Crippen molar-refractivity contribution in [3.63, 3.8) is 0 Å². The van der Waals surface area contributed by atoms with E-state index in [9.17, 15) is 14.4 Å². The smallest absolute Gasteiger partial charge is 0.253 e. The molecule has 2 rings (SSSR count). The number of nitrogens with one attached hydrogen (secondary N) is 1. The van der Waals surface area contributed by atoms with E-state index in [1.807, 2.05) is 20.8 Å². The van der Waals surface area contributed by atoms with Gasteiger partial charge in [0.15, 0.2) is 0 Å². The van der Waals surface area contributed by atoms with E-state index >= 15 is 0 Å². The number of carbonyl (C=O) groups is 3. The zero-order chi connectivity index (χ0) is 15.6. The Morgan fingerprint density at radius 1 is 1.14 bits per heavy atom. The van der Waals surface area contributed by atoms with Crippen LogP contribution in [0, 0.1) is 11.8 Å². The van der Waals surface area contributed by atoms with Crippen molar-refractivity contribution in [3.05, 3.63) is 12.2 Å². The fourth-order valence-corrected chi connectivity index (χ4v) is 2.95. The maximum Gasteiger partial charge on any atom is 0.253 e. The number of imide groups is 1. The molecule has 0 spiro atoms. The van der Waals surface area contributed by atoms with E-state index in [1.165, 1.54) is 17.1 Å². The van der Waals surface area contributed by atoms with Crippen molar-refractivity contribution >= 4 is 17.7 Å². The second-order valence-corrected chi connectivity index (χ2v) is 7.08. The molecule has 0 bridgehead atoms. The van der Waals surface area contributed by atoms with Gasteiger partial charge in [-0.25, -0.2) is 0 Å². The van der Waals surface area contributed by atoms with Crippen LogP contribution in [0.3, 0.4) is 0 Å². The fraction of sp³-hybridized carbons (Fsp3) is 0.688. The number of carbonyl (C=O) groups excluding carboxylic acids is 3. The predicted molar refractivity (Wildman–Crippen MR) is 79.2 cm³/mol. The molecule has 0 aromatic rings. The predicted octanol–water partition coefficient (Wildman–Crippen LogP) is 1.63. The fourth-order valence-electron chi connectivity index (χ4n) is 2.95. The highest BCUT2D eigenvalue weighted by atomic mass is 16.2. The van der Waals surface area contributed by atoms with E-state index in [4.69, 9.17) is 0 Å². The maximum absolute atomic E-state index is 12.1. The third-order valence-electron chi connectivity index (χ3n) is 4.06. The molecule has 0 unspecified atom stereocenters. The molecule has 1 aliphatic heterocycles. The third-order valence-corrected chi connectivity index (χ3v) is 4.06. The highest BCUT2D eigenvalue weighted by Crippen LogP contribution is 2.30. The van der Waals surface area contributed by atoms with Gasteiger partial charge in [0.2, 0.25) is 5.91 Å². The van der Waals surface area contributed by atoms with E-state index in [2.05, 4.69) is 5.32 Å². The summed E-state index contributed by atoms with van der Waals surface area (Å²) in [4.78, 5) is 36.5. The van der Waals surface area contributed by atoms with Gasteiger partial charge in [-0.1, -0.05) is 0 Å². The van der Waals surface area contributed by atoms with Gasteiger partial charge in [-0.05, 0) is 52.4 Å². The Morgan fingerprint density at radius 3 is 2.14 bits per heavy atom. The van der Waals surface area contributed by atoms with E-state index in [0.717, 1.165) is 25.7 Å². The molecule has 0 aromatic carbocycles. The summed E-state index contributed by atoms with van der Waals surface area (Å²) < 4.78 is 0. The van der Waals surface area contributed by atoms with Crippen molar-refractivity contribution in [1.82, 2.24) is 10.2 Å². The Bertz CT molecular complexity index is 450. The minimum absolute atomic E-state index is 0.0589. The lowest BCUT2D eigenvalue weighted by Crippen LogP contribution is -2.45. The van der Waals surface area contributed by atoms with E-state index in [1.54, 1.807) is 0 Å². The minimum Gasteiger partial charge on any atom is -0.351 e. The van der Waals surface area contributed by atoms with Gasteiger partial charge in [-0.3, -0.25) is 19.3 Å². The third kappa shape index (κ3) is 4.16. The van der Waals surface area contributed by atoms with E-state index in [0.29, 0.717) is 12.5 Å². The van der Waals surface area contributed by atoms with Gasteiger partial charge in [0, 0.05) is 30.2 Å². The molecule has 21 heavy (non-hydrogen) atoms. The normalized spacial score (nSPS) is 26.3. The average molecular weight is 292 g/mol. The molecule has 116 valence electrons. The van der Waals surface area contributed by atoms with Gasteiger partial charge in [-0.2, -0.15) is 0 Å². The summed E-state index contributed by atoms with van der Waals surface area (Å²) in [5, 5.41) is 3.02. The second-order valence-electron chi connectivity index (χ2n) is 7.08. The molecular formula is C16H24N2O3. The number of amides is 3. The first-order chi connectivity index (χ1) is 9.76. The summed E-state index contributed by atoms with van der Waals surface area (Å²) in [6.45, 7) is 6.43. The highest BCUT2D eigenvalue weighted by Gasteiger charge is 2.31. The van der Waals surface area contributed by atoms with Gasteiger partial charge >= 0.3 is 0 Å². The molecule has 5 nitrogen and oxygen atoms in total. The molecule has 3 amide bonds. The molecule has 0 saturated heterocycles. The molecule has 1 aliphatic carbocycles. The van der Waals surface area contributed by atoms with Crippen LogP contribution < -0.4 is 5.32 Å². The van der Waals surface area contributed by atoms with Crippen LogP contribution in [-0.4, -0.2) is 34.7 Å². The van der Waals surface area contributed by atoms with Crippen LogP contribution in [0.15, 0.2) is 12.2 Å². The van der Waals surface area contributed by atoms with Crippen LogP contribution in [0.2, 0.25) is 0 Å². The molecule has 1 fully saturated rings. The Labute approximate surface area is 125 Å². The first-order valence-corrected chi connectivity index (χ1v) is 7.62. The van der Waals surface area contributed by atoms with Crippen molar-refractivity contribution in [2.75, 3.05) is 6.54 Å². The van der Waals surface area contributed by atoms with Crippen molar-refractivity contribution in [3.8, 4) is 0 Å². The summed E-state index contributed by atoms with van der Waals surface area (Å²) in [5.74, 6) is 0.0659. The lowest BCUT2D eigenvalue weighted by atomic mass is 9.81. The largest absolute Gasteiger partial charge is 0.351 e.